The van der Waals surface area contributed by atoms with Crippen molar-refractivity contribution in [1.29, 1.82) is 0 Å². The number of hydrogen-bond donors (Lipinski definition) is 4. The fourth-order valence-electron chi connectivity index (χ4n) is 6.48. The molecule has 0 aliphatic rings. The molecule has 150 heavy (non-hydrogen) atoms. The van der Waals surface area contributed by atoms with Crippen LogP contribution < -0.4 is 21.3 Å². The molecule has 38 nitrogen and oxygen atoms in total. The second-order valence-corrected chi connectivity index (χ2v) is 32.7. The number of ether oxygens (including phenoxy) is 16. The van der Waals surface area contributed by atoms with Gasteiger partial charge in [0.2, 0.25) is 11.8 Å². The van der Waals surface area contributed by atoms with Gasteiger partial charge < -0.3 is 97.1 Å². The first-order valence-corrected chi connectivity index (χ1v) is 44.0. The molecule has 0 aliphatic carbocycles. The average molecular weight is 2170 g/mol. The van der Waals surface area contributed by atoms with Gasteiger partial charge in [0.05, 0.1) is 59.7 Å². The normalized spacial score (nSPS) is 9.67. The Balaban J connectivity index is -0.0000000544. The summed E-state index contributed by atoms with van der Waals surface area (Å²) in [6.45, 7) is 75.7. The van der Waals surface area contributed by atoms with Crippen molar-refractivity contribution in [3.05, 3.63) is 99.2 Å². The number of alkyl carbamates (subject to hydrolysis) is 2. The molecular formula is C112H224N4O34. The number of carbonyl (C=O) groups is 18. The fourth-order valence-corrected chi connectivity index (χ4v) is 6.48. The van der Waals surface area contributed by atoms with E-state index >= 15 is 0 Å². The lowest BCUT2D eigenvalue weighted by Gasteiger charge is -2.21. The van der Waals surface area contributed by atoms with Gasteiger partial charge in [-0.05, 0) is 134 Å². The van der Waals surface area contributed by atoms with Crippen molar-refractivity contribution in [2.75, 3.05) is 132 Å². The molecule has 0 heterocycles. The lowest BCUT2D eigenvalue weighted by molar-refractivity contribution is -0.158. The molecule has 2 unspecified atom stereocenters. The van der Waals surface area contributed by atoms with Crippen LogP contribution in [-0.4, -0.2) is 239 Å². The molecule has 0 radical (unpaired) electrons. The Morgan fingerprint density at radius 3 is 0.560 bits per heavy atom. The number of hydrogen-bond acceptors (Lipinski definition) is 34. The maximum Gasteiger partial charge on any atom is 0.407 e. The monoisotopic (exact) mass is 2170 g/mol. The highest BCUT2D eigenvalue weighted by Gasteiger charge is 2.31. The smallest absolute Gasteiger partial charge is 0.407 e. The Hall–Kier alpha value is -12.0. The molecule has 0 aromatic heterocycles. The Kier molecular flexibility index (Phi) is 154. The highest BCUT2D eigenvalue weighted by Crippen LogP contribution is 2.25. The van der Waals surface area contributed by atoms with Crippen molar-refractivity contribution in [2.24, 2.45) is 44.3 Å². The summed E-state index contributed by atoms with van der Waals surface area (Å²) in [6.07, 6.45) is 8.68. The second-order valence-electron chi connectivity index (χ2n) is 32.7. The van der Waals surface area contributed by atoms with E-state index in [2.05, 4.69) is 88.1 Å². The van der Waals surface area contributed by atoms with Crippen LogP contribution in [-0.2, 0) is 153 Å². The zero-order chi connectivity index (χ0) is 106. The molecule has 38 heteroatoms. The first kappa shape index (κ1) is 199. The topological polar surface area (TPSA) is 503 Å². The van der Waals surface area contributed by atoms with E-state index < -0.39 is 81.6 Å². The highest BCUT2D eigenvalue weighted by atomic mass is 16.6. The van der Waals surface area contributed by atoms with Crippen molar-refractivity contribution in [3.63, 3.8) is 0 Å². The first-order chi connectivity index (χ1) is 62.1. The predicted molar refractivity (Wildman–Crippen MR) is 609 cm³/mol. The van der Waals surface area contributed by atoms with Gasteiger partial charge in [-0.3, -0.25) is 38.4 Å². The molecule has 0 bridgehead atoms. The molecule has 0 spiro atoms. The second kappa shape index (κ2) is 116. The summed E-state index contributed by atoms with van der Waals surface area (Å²) in [7, 11) is 0. The Bertz CT molecular complexity index is 3590. The fraction of sp³-hybridized carbons (Fsp3) is 0.696. The summed E-state index contributed by atoms with van der Waals surface area (Å²) in [5, 5.41) is 10.2. The Morgan fingerprint density at radius 1 is 0.227 bits per heavy atom. The number of rotatable bonds is 54. The van der Waals surface area contributed by atoms with Crippen molar-refractivity contribution >= 4 is 108 Å². The van der Waals surface area contributed by atoms with Gasteiger partial charge in [-0.15, -0.1) is 0 Å². The maximum atomic E-state index is 11.6. The van der Waals surface area contributed by atoms with Gasteiger partial charge in [-0.2, -0.15) is 0 Å². The number of nitrogens with one attached hydrogen (secondary N) is 4. The van der Waals surface area contributed by atoms with Gasteiger partial charge in [-0.25, -0.2) is 47.9 Å². The predicted octanol–water partition coefficient (Wildman–Crippen LogP) is 23.1. The molecule has 896 valence electrons. The molecule has 2 atom stereocenters. The van der Waals surface area contributed by atoms with Crippen molar-refractivity contribution in [1.82, 2.24) is 21.3 Å². The highest BCUT2D eigenvalue weighted by molar-refractivity contribution is 5.89. The van der Waals surface area contributed by atoms with E-state index in [1.807, 2.05) is 111 Å². The van der Waals surface area contributed by atoms with Gasteiger partial charge in [0.1, 0.15) is 106 Å². The number of carbonyl (C=O) groups excluding carboxylic acids is 18. The van der Waals surface area contributed by atoms with E-state index in [-0.39, 0.29) is 308 Å². The van der Waals surface area contributed by atoms with Crippen LogP contribution in [0.2, 0.25) is 0 Å². The standard InChI is InChI=1S/C15H25NO6.C14H23NO6.C12H21NO3.C12H20O4.C11H19NO3.2C11H18O4.C10H16O4.16CH4/c1-6-15(4,5)13(18)21-9-10-22-14(19)16-7-8-20-12(17)11(2)3;1-5-11(16)19-8-7-15-13(18)21-10-9-20-12(17)14(3,4)6-2;1-6-12(4,5)11(15)13-7-8-16-10(14)9(2)3;1-6-12(4,5)11(14)16-8-7-15-10(13)9(2)3;1-5-9(13)15-8-7-12-10(14)11(3,4)6-2;1-5-9(4)11(13)15-7-6-14-10(12)8(2)3;1-5-9(12)14-7-8-15-10(13)11(3,4)6-2;1-4-8(3)10(12)14-7-6-13-9(11)5-2;;;;;;;;;;;;;;;;/h2,6-10H2,1,3-5H3,(H,16,19);5H,1,6-10H2,2-4H3,(H,15,18);2,6-8H2,1,3-5H3,(H,13,15);2,6-8H2,1,3-5H3;5H,1,6-8H2,2-4H3,(H,12,14);9H,2,5-7H2,1,3-4H3;5H,1,6-8H2,2-4H3;5,8H,2,4,6-7H2,1,3H3;16*1H4. The van der Waals surface area contributed by atoms with E-state index in [1.165, 1.54) is 6.92 Å². The van der Waals surface area contributed by atoms with Crippen molar-refractivity contribution < 1.29 is 162 Å². The largest absolute Gasteiger partial charge is 0.462 e. The minimum absolute atomic E-state index is 0. The van der Waals surface area contributed by atoms with Crippen molar-refractivity contribution in [3.8, 4) is 0 Å². The van der Waals surface area contributed by atoms with Crippen molar-refractivity contribution in [2.45, 2.75) is 350 Å². The van der Waals surface area contributed by atoms with Crippen LogP contribution in [0.25, 0.3) is 0 Å². The molecule has 0 rings (SSSR count). The van der Waals surface area contributed by atoms with Crippen LogP contribution in [0.5, 0.6) is 0 Å². The number of esters is 14. The lowest BCUT2D eigenvalue weighted by Crippen LogP contribution is -2.38. The molecule has 0 aromatic carbocycles. The molecule has 0 saturated carbocycles. The summed E-state index contributed by atoms with van der Waals surface area (Å²) < 4.78 is 77.0. The third-order valence-corrected chi connectivity index (χ3v) is 18.6. The Labute approximate surface area is 912 Å². The number of amides is 4. The molecule has 0 saturated heterocycles. The van der Waals surface area contributed by atoms with Crippen LogP contribution >= 0.6 is 0 Å². The van der Waals surface area contributed by atoms with E-state index in [0.717, 1.165) is 50.0 Å². The molecule has 0 aromatic rings. The summed E-state index contributed by atoms with van der Waals surface area (Å²) >= 11 is 0. The minimum atomic E-state index is -0.671. The summed E-state index contributed by atoms with van der Waals surface area (Å²) in [4.78, 5) is 201. The summed E-state index contributed by atoms with van der Waals surface area (Å²) in [5.41, 5.74) is -1.49. The van der Waals surface area contributed by atoms with Gasteiger partial charge in [0.25, 0.3) is 0 Å². The van der Waals surface area contributed by atoms with E-state index in [1.54, 1.807) is 62.3 Å². The summed E-state index contributed by atoms with van der Waals surface area (Å²) in [6, 6.07) is 0. The van der Waals surface area contributed by atoms with E-state index in [0.29, 0.717) is 61.1 Å². The first-order valence-electron chi connectivity index (χ1n) is 44.0. The van der Waals surface area contributed by atoms with Gasteiger partial charge >= 0.3 is 95.8 Å². The molecule has 0 aliphatic heterocycles. The van der Waals surface area contributed by atoms with Crippen LogP contribution in [0.15, 0.2) is 99.2 Å². The van der Waals surface area contributed by atoms with Crippen LogP contribution in [0, 0.1) is 44.3 Å². The van der Waals surface area contributed by atoms with Crippen LogP contribution in [0.1, 0.15) is 350 Å². The molecule has 4 amide bonds. The molecular weight excluding hydrogens is 1950 g/mol. The van der Waals surface area contributed by atoms with Gasteiger partial charge in [0, 0.05) is 57.4 Å². The third-order valence-electron chi connectivity index (χ3n) is 18.6. The van der Waals surface area contributed by atoms with Gasteiger partial charge in [-0.1, -0.05) is 268 Å². The lowest BCUT2D eigenvalue weighted by atomic mass is 9.89. The Morgan fingerprint density at radius 2 is 0.380 bits per heavy atom. The zero-order valence-electron chi connectivity index (χ0n) is 84.8. The van der Waals surface area contributed by atoms with Crippen LogP contribution in [0.3, 0.4) is 0 Å². The van der Waals surface area contributed by atoms with Gasteiger partial charge in [0.15, 0.2) is 0 Å². The maximum absolute atomic E-state index is 11.6. The average Bonchev–Trinajstić information content (AvgIpc) is 0.916. The van der Waals surface area contributed by atoms with E-state index in [4.69, 9.17) is 61.6 Å². The molecule has 0 fully saturated rings. The SMILES string of the molecule is C.C.C.C.C.C.C.C.C.C.C.C.C.C.C.C.C=C(C)C(=O)OCCNC(=O)C(C)(C)CC.C=C(C)C(=O)OCCNC(=O)OCCOC(=O)C(C)(C)CC.C=C(C)C(=O)OCCOC(=O)C(C)(C)CC.C=C(C)C(=O)OCCOC(=O)C(C)CC.C=CC(=O)OCCNC(=O)C(C)(C)CC.C=CC(=O)OCCNC(=O)OCCOC(=O)C(C)(C)CC.C=CC(=O)OCCOC(=O)C(C)(C)CC.C=CC(=O)OCCOC(=O)C(C)CC. The van der Waals surface area contributed by atoms with E-state index in [9.17, 15) is 86.3 Å². The molecule has 4 N–H and O–H groups in total. The van der Waals surface area contributed by atoms with Crippen LogP contribution in [0.4, 0.5) is 9.59 Å². The summed E-state index contributed by atoms with van der Waals surface area (Å²) in [5.74, 6) is -5.93. The minimum Gasteiger partial charge on any atom is -0.462 e. The third kappa shape index (κ3) is 113. The zero-order valence-corrected chi connectivity index (χ0v) is 84.8. The quantitative estimate of drug-likeness (QED) is 0.0190.